The number of nitrogens with zero attached hydrogens (tertiary/aromatic N) is 4. The standard InChI is InChI=1S/C21H32N4OS/c1-14(2)25(15(3)4)18(26)13-27-20-23-22-19(24(20)8)16-9-11-17(12-10-16)21(5,6)7/h9-12,14-15H,13H2,1-8H3. The first-order valence-corrected chi connectivity index (χ1v) is 10.4. The minimum absolute atomic E-state index is 0.124. The van der Waals surface area contributed by atoms with Gasteiger partial charge in [-0.2, -0.15) is 0 Å². The van der Waals surface area contributed by atoms with E-state index < -0.39 is 0 Å². The van der Waals surface area contributed by atoms with E-state index in [2.05, 4.69) is 55.2 Å². The van der Waals surface area contributed by atoms with Gasteiger partial charge in [0, 0.05) is 24.7 Å². The molecule has 0 fully saturated rings. The fourth-order valence-corrected chi connectivity index (χ4v) is 3.96. The van der Waals surface area contributed by atoms with Crippen molar-refractivity contribution in [3.8, 4) is 11.4 Å². The lowest BCUT2D eigenvalue weighted by Crippen LogP contribution is -2.43. The minimum Gasteiger partial charge on any atom is -0.337 e. The van der Waals surface area contributed by atoms with Crippen LogP contribution in [0.3, 0.4) is 0 Å². The highest BCUT2D eigenvalue weighted by Crippen LogP contribution is 2.27. The summed E-state index contributed by atoms with van der Waals surface area (Å²) in [5.41, 5.74) is 2.44. The van der Waals surface area contributed by atoms with Crippen LogP contribution in [0.25, 0.3) is 11.4 Å². The summed E-state index contributed by atoms with van der Waals surface area (Å²) in [5, 5.41) is 9.38. The number of carbonyl (C=O) groups is 1. The molecule has 0 bridgehead atoms. The van der Waals surface area contributed by atoms with Crippen molar-refractivity contribution >= 4 is 17.7 Å². The van der Waals surface area contributed by atoms with Crippen molar-refractivity contribution in [3.05, 3.63) is 29.8 Å². The van der Waals surface area contributed by atoms with Crippen LogP contribution in [0, 0.1) is 0 Å². The summed E-state index contributed by atoms with van der Waals surface area (Å²) >= 11 is 1.44. The molecule has 0 aliphatic heterocycles. The van der Waals surface area contributed by atoms with E-state index in [-0.39, 0.29) is 23.4 Å². The molecule has 5 nitrogen and oxygen atoms in total. The maximum atomic E-state index is 12.6. The van der Waals surface area contributed by atoms with Gasteiger partial charge in [0.25, 0.3) is 0 Å². The van der Waals surface area contributed by atoms with Crippen LogP contribution in [0.2, 0.25) is 0 Å². The molecular formula is C21H32N4OS. The normalized spacial score (nSPS) is 12.1. The Morgan fingerprint density at radius 1 is 1.07 bits per heavy atom. The summed E-state index contributed by atoms with van der Waals surface area (Å²) in [4.78, 5) is 14.5. The van der Waals surface area contributed by atoms with Gasteiger partial charge >= 0.3 is 0 Å². The minimum atomic E-state index is 0.124. The van der Waals surface area contributed by atoms with E-state index in [1.54, 1.807) is 0 Å². The van der Waals surface area contributed by atoms with Crippen molar-refractivity contribution in [1.82, 2.24) is 19.7 Å². The summed E-state index contributed by atoms with van der Waals surface area (Å²) in [6.45, 7) is 14.8. The Labute approximate surface area is 167 Å². The Morgan fingerprint density at radius 2 is 1.63 bits per heavy atom. The number of rotatable bonds is 6. The molecule has 27 heavy (non-hydrogen) atoms. The number of thioether (sulfide) groups is 1. The Balaban J connectivity index is 2.12. The monoisotopic (exact) mass is 388 g/mol. The number of hydrogen-bond acceptors (Lipinski definition) is 4. The van der Waals surface area contributed by atoms with Crippen molar-refractivity contribution in [3.63, 3.8) is 0 Å². The highest BCUT2D eigenvalue weighted by atomic mass is 32.2. The lowest BCUT2D eigenvalue weighted by Gasteiger charge is -2.30. The van der Waals surface area contributed by atoms with Gasteiger partial charge in [-0.25, -0.2) is 0 Å². The molecule has 2 rings (SSSR count). The zero-order valence-corrected chi connectivity index (χ0v) is 18.6. The second-order valence-electron chi connectivity index (χ2n) is 8.47. The molecule has 0 unspecified atom stereocenters. The van der Waals surface area contributed by atoms with Gasteiger partial charge in [-0.3, -0.25) is 4.79 Å². The van der Waals surface area contributed by atoms with Gasteiger partial charge in [-0.05, 0) is 38.7 Å². The highest BCUT2D eigenvalue weighted by Gasteiger charge is 2.21. The summed E-state index contributed by atoms with van der Waals surface area (Å²) in [7, 11) is 1.95. The third-order valence-electron chi connectivity index (χ3n) is 4.57. The number of carbonyl (C=O) groups excluding carboxylic acids is 1. The van der Waals surface area contributed by atoms with Gasteiger partial charge in [0.2, 0.25) is 5.91 Å². The number of aromatic nitrogens is 3. The number of amides is 1. The van der Waals surface area contributed by atoms with E-state index in [1.165, 1.54) is 17.3 Å². The lowest BCUT2D eigenvalue weighted by atomic mass is 9.87. The molecule has 0 N–H and O–H groups in total. The van der Waals surface area contributed by atoms with Gasteiger partial charge < -0.3 is 9.47 Å². The van der Waals surface area contributed by atoms with Crippen LogP contribution in [0.5, 0.6) is 0 Å². The van der Waals surface area contributed by atoms with Crippen molar-refractivity contribution in [1.29, 1.82) is 0 Å². The van der Waals surface area contributed by atoms with Crippen molar-refractivity contribution in [2.24, 2.45) is 7.05 Å². The number of hydrogen-bond donors (Lipinski definition) is 0. The Morgan fingerprint density at radius 3 is 2.11 bits per heavy atom. The molecule has 6 heteroatoms. The first kappa shape index (κ1) is 21.5. The van der Waals surface area contributed by atoms with Crippen LogP contribution in [0.1, 0.15) is 54.0 Å². The Bertz CT molecular complexity index is 764. The van der Waals surface area contributed by atoms with Gasteiger partial charge in [0.05, 0.1) is 5.75 Å². The third-order valence-corrected chi connectivity index (χ3v) is 5.57. The van der Waals surface area contributed by atoms with Crippen LogP contribution >= 0.6 is 11.8 Å². The summed E-state index contributed by atoms with van der Waals surface area (Å²) in [6, 6.07) is 8.84. The van der Waals surface area contributed by atoms with Crippen LogP contribution < -0.4 is 0 Å². The predicted octanol–water partition coefficient (Wildman–Crippen LogP) is 4.52. The third kappa shape index (κ3) is 5.12. The van der Waals surface area contributed by atoms with Crippen LogP contribution in [-0.2, 0) is 17.3 Å². The molecule has 148 valence electrons. The zero-order chi connectivity index (χ0) is 20.4. The molecule has 2 aromatic rings. The molecular weight excluding hydrogens is 356 g/mol. The van der Waals surface area contributed by atoms with Gasteiger partial charge in [0.15, 0.2) is 11.0 Å². The van der Waals surface area contributed by atoms with E-state index >= 15 is 0 Å². The average molecular weight is 389 g/mol. The van der Waals surface area contributed by atoms with Crippen LogP contribution in [-0.4, -0.2) is 43.4 Å². The molecule has 0 saturated carbocycles. The fraction of sp³-hybridized carbons (Fsp3) is 0.571. The van der Waals surface area contributed by atoms with E-state index in [4.69, 9.17) is 0 Å². The second kappa shape index (κ2) is 8.46. The highest BCUT2D eigenvalue weighted by molar-refractivity contribution is 7.99. The SMILES string of the molecule is CC(C)N(C(=O)CSc1nnc(-c2ccc(C(C)(C)C)cc2)n1C)C(C)C. The van der Waals surface area contributed by atoms with Crippen molar-refractivity contribution in [2.75, 3.05) is 5.75 Å². The molecule has 0 aliphatic carbocycles. The molecule has 1 amide bonds. The molecule has 1 heterocycles. The quantitative estimate of drug-likeness (QED) is 0.683. The van der Waals surface area contributed by atoms with Crippen LogP contribution in [0.15, 0.2) is 29.4 Å². The fourth-order valence-electron chi connectivity index (χ4n) is 3.18. The van der Waals surface area contributed by atoms with Crippen molar-refractivity contribution < 1.29 is 4.79 Å². The summed E-state index contributed by atoms with van der Waals surface area (Å²) < 4.78 is 1.96. The van der Waals surface area contributed by atoms with E-state index in [0.29, 0.717) is 5.75 Å². The van der Waals surface area contributed by atoms with Gasteiger partial charge in [0.1, 0.15) is 0 Å². The molecule has 1 aromatic carbocycles. The van der Waals surface area contributed by atoms with Crippen LogP contribution in [0.4, 0.5) is 0 Å². The first-order chi connectivity index (χ1) is 12.5. The van der Waals surface area contributed by atoms with Gasteiger partial charge in [-0.1, -0.05) is 56.8 Å². The zero-order valence-electron chi connectivity index (χ0n) is 17.8. The number of benzene rings is 1. The Hall–Kier alpha value is -1.82. The molecule has 0 aliphatic rings. The topological polar surface area (TPSA) is 51.0 Å². The second-order valence-corrected chi connectivity index (χ2v) is 9.41. The van der Waals surface area contributed by atoms with Gasteiger partial charge in [-0.15, -0.1) is 10.2 Å². The van der Waals surface area contributed by atoms with E-state index in [0.717, 1.165) is 16.5 Å². The Kier molecular flexibility index (Phi) is 6.73. The molecule has 0 spiro atoms. The maximum absolute atomic E-state index is 12.6. The molecule has 0 saturated heterocycles. The average Bonchev–Trinajstić information content (AvgIpc) is 2.92. The molecule has 1 aromatic heterocycles. The summed E-state index contributed by atoms with van der Waals surface area (Å²) in [5.74, 6) is 1.31. The molecule has 0 atom stereocenters. The lowest BCUT2D eigenvalue weighted by molar-refractivity contribution is -0.131. The maximum Gasteiger partial charge on any atom is 0.233 e. The molecule has 0 radical (unpaired) electrons. The van der Waals surface area contributed by atoms with E-state index in [9.17, 15) is 4.79 Å². The summed E-state index contributed by atoms with van der Waals surface area (Å²) in [6.07, 6.45) is 0. The largest absolute Gasteiger partial charge is 0.337 e. The smallest absolute Gasteiger partial charge is 0.233 e. The van der Waals surface area contributed by atoms with E-state index in [1.807, 2.05) is 44.2 Å². The predicted molar refractivity (Wildman–Crippen MR) is 113 cm³/mol. The van der Waals surface area contributed by atoms with Crippen molar-refractivity contribution in [2.45, 2.75) is 71.1 Å². The first-order valence-electron chi connectivity index (χ1n) is 9.46.